The number of Topliss-reactive ketones (excluding diaryl/α,β-unsaturated/α-hetero) is 1. The summed E-state index contributed by atoms with van der Waals surface area (Å²) in [5, 5.41) is 10.4. The predicted molar refractivity (Wildman–Crippen MR) is 83.1 cm³/mol. The first-order valence-electron chi connectivity index (χ1n) is 8.81. The molecule has 0 aromatic carbocycles. The minimum absolute atomic E-state index is 0.0731. The van der Waals surface area contributed by atoms with Gasteiger partial charge in [-0.2, -0.15) is 0 Å². The van der Waals surface area contributed by atoms with Crippen LogP contribution in [0, 0.1) is 28.6 Å². The highest BCUT2D eigenvalue weighted by molar-refractivity contribution is 5.93. The fourth-order valence-corrected chi connectivity index (χ4v) is 6.36. The van der Waals surface area contributed by atoms with Crippen molar-refractivity contribution in [2.45, 2.75) is 64.9 Å². The number of hydrogen-bond acceptors (Lipinski definition) is 3. The van der Waals surface area contributed by atoms with E-state index >= 15 is 0 Å². The Kier molecular flexibility index (Phi) is 3.01. The number of hydrogen-bond donors (Lipinski definition) is 1. The molecule has 3 heteroatoms. The van der Waals surface area contributed by atoms with Gasteiger partial charge in [0.2, 0.25) is 0 Å². The molecule has 120 valence electrons. The van der Waals surface area contributed by atoms with E-state index in [1.807, 2.05) is 6.08 Å². The molecule has 4 rings (SSSR count). The lowest BCUT2D eigenvalue weighted by Crippen LogP contribution is -2.55. The fraction of sp³-hybridized carbons (Fsp3) is 0.789. The molecule has 0 amide bonds. The van der Waals surface area contributed by atoms with Gasteiger partial charge in [-0.1, -0.05) is 19.4 Å². The Morgan fingerprint density at radius 1 is 1.14 bits per heavy atom. The first-order valence-corrected chi connectivity index (χ1v) is 8.81. The Bertz CT molecular complexity index is 577. The van der Waals surface area contributed by atoms with E-state index in [4.69, 9.17) is 0 Å². The van der Waals surface area contributed by atoms with E-state index in [1.165, 1.54) is 5.57 Å². The molecule has 0 aromatic rings. The molecule has 3 saturated carbocycles. The van der Waals surface area contributed by atoms with E-state index in [0.29, 0.717) is 30.5 Å². The second-order valence-corrected chi connectivity index (χ2v) is 8.58. The Hall–Kier alpha value is -0.960. The summed E-state index contributed by atoms with van der Waals surface area (Å²) in [6.07, 6.45) is 7.33. The lowest BCUT2D eigenvalue weighted by atomic mass is 9.47. The van der Waals surface area contributed by atoms with Crippen molar-refractivity contribution in [3.05, 3.63) is 11.6 Å². The maximum Gasteiger partial charge on any atom is 0.155 e. The summed E-state index contributed by atoms with van der Waals surface area (Å²) >= 11 is 0. The molecule has 0 saturated heterocycles. The number of fused-ring (bicyclic) bond motifs is 5. The van der Waals surface area contributed by atoms with Crippen molar-refractivity contribution >= 4 is 11.6 Å². The van der Waals surface area contributed by atoms with Gasteiger partial charge in [0.25, 0.3) is 0 Å². The summed E-state index contributed by atoms with van der Waals surface area (Å²) in [7, 11) is 0. The zero-order chi connectivity index (χ0) is 15.7. The van der Waals surface area contributed by atoms with Gasteiger partial charge in [-0.05, 0) is 55.4 Å². The van der Waals surface area contributed by atoms with Crippen LogP contribution in [0.3, 0.4) is 0 Å². The Balaban J connectivity index is 1.76. The van der Waals surface area contributed by atoms with E-state index in [9.17, 15) is 14.7 Å². The molecule has 3 fully saturated rings. The third kappa shape index (κ3) is 1.72. The average Bonchev–Trinajstić information content (AvgIpc) is 2.75. The van der Waals surface area contributed by atoms with Crippen molar-refractivity contribution < 1.29 is 14.7 Å². The van der Waals surface area contributed by atoms with Crippen molar-refractivity contribution in [3.8, 4) is 0 Å². The molecule has 0 aliphatic heterocycles. The van der Waals surface area contributed by atoms with Crippen LogP contribution >= 0.6 is 0 Å². The van der Waals surface area contributed by atoms with Gasteiger partial charge >= 0.3 is 0 Å². The van der Waals surface area contributed by atoms with Crippen LogP contribution in [-0.2, 0) is 9.59 Å². The van der Waals surface area contributed by atoms with Crippen molar-refractivity contribution in [1.82, 2.24) is 0 Å². The van der Waals surface area contributed by atoms with Gasteiger partial charge < -0.3 is 5.11 Å². The van der Waals surface area contributed by atoms with Gasteiger partial charge in [0, 0.05) is 24.2 Å². The first-order chi connectivity index (χ1) is 10.4. The zero-order valence-corrected chi connectivity index (χ0v) is 13.6. The summed E-state index contributed by atoms with van der Waals surface area (Å²) in [5.74, 6) is 1.52. The maximum absolute atomic E-state index is 13.0. The molecule has 1 N–H and O–H groups in total. The number of aliphatic hydroxyl groups excluding tert-OH is 1. The molecule has 3 nitrogen and oxygen atoms in total. The van der Waals surface area contributed by atoms with Crippen LogP contribution in [0.4, 0.5) is 0 Å². The average molecular weight is 302 g/mol. The molecule has 0 spiro atoms. The van der Waals surface area contributed by atoms with E-state index in [2.05, 4.69) is 13.8 Å². The molecule has 0 heterocycles. The van der Waals surface area contributed by atoms with Crippen LogP contribution in [0.25, 0.3) is 0 Å². The highest BCUT2D eigenvalue weighted by atomic mass is 16.3. The lowest BCUT2D eigenvalue weighted by Gasteiger charge is -2.56. The first kappa shape index (κ1) is 14.6. The molecule has 22 heavy (non-hydrogen) atoms. The molecule has 4 aliphatic rings. The fourth-order valence-electron chi connectivity index (χ4n) is 6.36. The zero-order valence-electron chi connectivity index (χ0n) is 13.6. The predicted octanol–water partition coefficient (Wildman–Crippen LogP) is 3.06. The minimum Gasteiger partial charge on any atom is -0.393 e. The molecule has 0 aromatic heterocycles. The Morgan fingerprint density at radius 2 is 1.91 bits per heavy atom. The summed E-state index contributed by atoms with van der Waals surface area (Å²) in [5.41, 5.74) is 0.906. The van der Waals surface area contributed by atoms with Crippen LogP contribution in [0.15, 0.2) is 11.6 Å². The number of aliphatic hydroxyl groups is 1. The molecular formula is C19H26O3. The van der Waals surface area contributed by atoms with E-state index in [1.54, 1.807) is 0 Å². The minimum atomic E-state index is -0.319. The van der Waals surface area contributed by atoms with Gasteiger partial charge in [0.1, 0.15) is 5.78 Å². The van der Waals surface area contributed by atoms with Gasteiger partial charge in [-0.15, -0.1) is 0 Å². The van der Waals surface area contributed by atoms with Crippen molar-refractivity contribution in [2.75, 3.05) is 0 Å². The molecule has 6 atom stereocenters. The molecule has 0 bridgehead atoms. The second-order valence-electron chi connectivity index (χ2n) is 8.58. The normalized spacial score (nSPS) is 51.0. The highest BCUT2D eigenvalue weighted by Crippen LogP contribution is 2.64. The largest absolute Gasteiger partial charge is 0.393 e. The number of carbonyl (C=O) groups is 2. The Morgan fingerprint density at radius 3 is 2.68 bits per heavy atom. The SMILES string of the molecule is C[C@]12CC(=O)[C@@H]3[C@@H](CCC4=CC(=O)CC[C@@]43C)[C@H]1CC[C@@H]2O. The maximum atomic E-state index is 13.0. The smallest absolute Gasteiger partial charge is 0.155 e. The van der Waals surface area contributed by atoms with Crippen molar-refractivity contribution in [3.63, 3.8) is 0 Å². The number of ketones is 2. The van der Waals surface area contributed by atoms with E-state index in [-0.39, 0.29) is 28.6 Å². The standard InChI is InChI=1S/C19H26O3/c1-18-8-7-12(20)9-11(18)3-4-13-14-5-6-16(22)19(14,2)10-15(21)17(13)18/h9,13-14,16-17,22H,3-8,10H2,1-2H3/t13-,14+,16-,17-,18-,19-/m0/s1. The molecule has 4 aliphatic carbocycles. The van der Waals surface area contributed by atoms with E-state index in [0.717, 1.165) is 32.1 Å². The topological polar surface area (TPSA) is 54.4 Å². The van der Waals surface area contributed by atoms with Gasteiger partial charge in [0.05, 0.1) is 6.10 Å². The number of allylic oxidation sites excluding steroid dienone is 1. The number of rotatable bonds is 0. The third-order valence-electron chi connectivity index (χ3n) is 7.60. The van der Waals surface area contributed by atoms with E-state index < -0.39 is 0 Å². The second kappa shape index (κ2) is 4.53. The summed E-state index contributed by atoms with van der Waals surface area (Å²) < 4.78 is 0. The summed E-state index contributed by atoms with van der Waals surface area (Å²) in [6, 6.07) is 0. The van der Waals surface area contributed by atoms with Crippen molar-refractivity contribution in [1.29, 1.82) is 0 Å². The number of carbonyl (C=O) groups excluding carboxylic acids is 2. The van der Waals surface area contributed by atoms with Crippen molar-refractivity contribution in [2.24, 2.45) is 28.6 Å². The lowest BCUT2D eigenvalue weighted by molar-refractivity contribution is -0.148. The summed E-state index contributed by atoms with van der Waals surface area (Å²) in [4.78, 5) is 24.8. The van der Waals surface area contributed by atoms with Crippen LogP contribution in [0.2, 0.25) is 0 Å². The third-order valence-corrected chi connectivity index (χ3v) is 7.60. The van der Waals surface area contributed by atoms with Gasteiger partial charge in [-0.25, -0.2) is 0 Å². The van der Waals surface area contributed by atoms with Crippen LogP contribution in [-0.4, -0.2) is 22.8 Å². The molecular weight excluding hydrogens is 276 g/mol. The quantitative estimate of drug-likeness (QED) is 0.748. The van der Waals surface area contributed by atoms with Gasteiger partial charge in [0.15, 0.2) is 5.78 Å². The molecule has 0 radical (unpaired) electrons. The monoisotopic (exact) mass is 302 g/mol. The Labute approximate surface area is 132 Å². The van der Waals surface area contributed by atoms with Crippen LogP contribution in [0.1, 0.15) is 58.8 Å². The summed E-state index contributed by atoms with van der Waals surface area (Å²) in [6.45, 7) is 4.34. The van der Waals surface area contributed by atoms with Crippen LogP contribution in [0.5, 0.6) is 0 Å². The molecule has 0 unspecified atom stereocenters. The highest BCUT2D eigenvalue weighted by Gasteiger charge is 2.61. The van der Waals surface area contributed by atoms with Crippen LogP contribution < -0.4 is 0 Å². The van der Waals surface area contributed by atoms with Gasteiger partial charge in [-0.3, -0.25) is 9.59 Å².